The van der Waals surface area contributed by atoms with Gasteiger partial charge < -0.3 is 5.32 Å². The molecule has 0 spiro atoms. The fourth-order valence-electron chi connectivity index (χ4n) is 2.65. The molecule has 2 heteroatoms. The quantitative estimate of drug-likeness (QED) is 0.857. The summed E-state index contributed by atoms with van der Waals surface area (Å²) in [6.07, 6.45) is 1.99. The van der Waals surface area contributed by atoms with E-state index in [0.717, 1.165) is 24.9 Å². The SMILES string of the molecule is Fc1cccc(CCC2CNc3ccccc32)c1. The van der Waals surface area contributed by atoms with Crippen molar-refractivity contribution in [3.05, 3.63) is 65.5 Å². The van der Waals surface area contributed by atoms with Crippen molar-refractivity contribution in [2.75, 3.05) is 11.9 Å². The van der Waals surface area contributed by atoms with Crippen LogP contribution < -0.4 is 5.32 Å². The van der Waals surface area contributed by atoms with Crippen LogP contribution in [-0.4, -0.2) is 6.54 Å². The summed E-state index contributed by atoms with van der Waals surface area (Å²) < 4.78 is 13.1. The van der Waals surface area contributed by atoms with Crippen molar-refractivity contribution in [3.63, 3.8) is 0 Å². The molecule has 1 atom stereocenters. The van der Waals surface area contributed by atoms with Crippen LogP contribution in [0.3, 0.4) is 0 Å². The van der Waals surface area contributed by atoms with Gasteiger partial charge in [-0.05, 0) is 42.2 Å². The van der Waals surface area contributed by atoms with Crippen LogP contribution in [0.25, 0.3) is 0 Å². The minimum absolute atomic E-state index is 0.141. The van der Waals surface area contributed by atoms with E-state index in [1.807, 2.05) is 6.07 Å². The molecule has 0 saturated heterocycles. The molecule has 2 aromatic carbocycles. The second kappa shape index (κ2) is 4.81. The van der Waals surface area contributed by atoms with Crippen LogP contribution in [-0.2, 0) is 6.42 Å². The molecule has 3 rings (SSSR count). The predicted octanol–water partition coefficient (Wildman–Crippen LogP) is 3.97. The molecule has 92 valence electrons. The maximum absolute atomic E-state index is 13.1. The number of hydrogen-bond acceptors (Lipinski definition) is 1. The van der Waals surface area contributed by atoms with E-state index in [0.29, 0.717) is 5.92 Å². The van der Waals surface area contributed by atoms with Crippen molar-refractivity contribution in [1.82, 2.24) is 0 Å². The zero-order valence-corrected chi connectivity index (χ0v) is 10.2. The lowest BCUT2D eigenvalue weighted by Gasteiger charge is -2.10. The second-order valence-corrected chi connectivity index (χ2v) is 4.83. The summed E-state index contributed by atoms with van der Waals surface area (Å²) in [5.74, 6) is 0.405. The minimum atomic E-state index is -0.141. The number of fused-ring (bicyclic) bond motifs is 1. The Labute approximate surface area is 107 Å². The van der Waals surface area contributed by atoms with Gasteiger partial charge in [0.25, 0.3) is 0 Å². The highest BCUT2D eigenvalue weighted by atomic mass is 19.1. The lowest BCUT2D eigenvalue weighted by Crippen LogP contribution is -2.03. The van der Waals surface area contributed by atoms with Gasteiger partial charge in [0.15, 0.2) is 0 Å². The van der Waals surface area contributed by atoms with Crippen LogP contribution in [0.4, 0.5) is 10.1 Å². The molecule has 18 heavy (non-hydrogen) atoms. The van der Waals surface area contributed by atoms with E-state index in [-0.39, 0.29) is 5.82 Å². The van der Waals surface area contributed by atoms with Gasteiger partial charge in [0, 0.05) is 18.2 Å². The zero-order valence-electron chi connectivity index (χ0n) is 10.2. The van der Waals surface area contributed by atoms with Crippen LogP contribution in [0.2, 0.25) is 0 Å². The van der Waals surface area contributed by atoms with Gasteiger partial charge in [-0.1, -0.05) is 30.3 Å². The first-order chi connectivity index (χ1) is 8.83. The Morgan fingerprint density at radius 3 is 2.89 bits per heavy atom. The van der Waals surface area contributed by atoms with E-state index in [1.54, 1.807) is 12.1 Å². The lowest BCUT2D eigenvalue weighted by atomic mass is 9.94. The van der Waals surface area contributed by atoms with Gasteiger partial charge in [-0.2, -0.15) is 0 Å². The zero-order chi connectivity index (χ0) is 12.4. The smallest absolute Gasteiger partial charge is 0.123 e. The normalized spacial score (nSPS) is 17.3. The topological polar surface area (TPSA) is 12.0 Å². The first-order valence-electron chi connectivity index (χ1n) is 6.40. The Hall–Kier alpha value is -1.83. The summed E-state index contributed by atoms with van der Waals surface area (Å²) in [6.45, 7) is 0.995. The van der Waals surface area contributed by atoms with E-state index in [2.05, 4.69) is 29.6 Å². The van der Waals surface area contributed by atoms with Gasteiger partial charge >= 0.3 is 0 Å². The molecule has 1 N–H and O–H groups in total. The maximum Gasteiger partial charge on any atom is 0.123 e. The molecule has 1 aliphatic rings. The molecule has 0 bridgehead atoms. The fourth-order valence-corrected chi connectivity index (χ4v) is 2.65. The molecule has 1 nitrogen and oxygen atoms in total. The first-order valence-corrected chi connectivity index (χ1v) is 6.40. The van der Waals surface area contributed by atoms with E-state index in [1.165, 1.54) is 17.3 Å². The Kier molecular flexibility index (Phi) is 3.01. The van der Waals surface area contributed by atoms with Crippen molar-refractivity contribution < 1.29 is 4.39 Å². The van der Waals surface area contributed by atoms with Crippen molar-refractivity contribution in [2.24, 2.45) is 0 Å². The van der Waals surface area contributed by atoms with Crippen LogP contribution in [0.5, 0.6) is 0 Å². The molecule has 2 aromatic rings. The summed E-state index contributed by atoms with van der Waals surface area (Å²) in [5, 5.41) is 3.42. The fraction of sp³-hybridized carbons (Fsp3) is 0.250. The van der Waals surface area contributed by atoms with Crippen molar-refractivity contribution in [2.45, 2.75) is 18.8 Å². The Morgan fingerprint density at radius 1 is 1.11 bits per heavy atom. The molecular weight excluding hydrogens is 225 g/mol. The Morgan fingerprint density at radius 2 is 2.00 bits per heavy atom. The van der Waals surface area contributed by atoms with Gasteiger partial charge in [0.1, 0.15) is 5.82 Å². The van der Waals surface area contributed by atoms with Crippen molar-refractivity contribution >= 4 is 5.69 Å². The average Bonchev–Trinajstić information content (AvgIpc) is 2.80. The van der Waals surface area contributed by atoms with Gasteiger partial charge in [-0.3, -0.25) is 0 Å². The van der Waals surface area contributed by atoms with Crippen LogP contribution >= 0.6 is 0 Å². The monoisotopic (exact) mass is 241 g/mol. The third-order valence-corrected chi connectivity index (χ3v) is 3.61. The highest BCUT2D eigenvalue weighted by Crippen LogP contribution is 2.33. The van der Waals surface area contributed by atoms with Crippen molar-refractivity contribution in [1.29, 1.82) is 0 Å². The van der Waals surface area contributed by atoms with E-state index < -0.39 is 0 Å². The van der Waals surface area contributed by atoms with E-state index >= 15 is 0 Å². The van der Waals surface area contributed by atoms with Gasteiger partial charge in [-0.25, -0.2) is 4.39 Å². The first kappa shape index (κ1) is 11.3. The number of para-hydroxylation sites is 1. The second-order valence-electron chi connectivity index (χ2n) is 4.83. The van der Waals surface area contributed by atoms with Crippen LogP contribution in [0.1, 0.15) is 23.5 Å². The average molecular weight is 241 g/mol. The lowest BCUT2D eigenvalue weighted by molar-refractivity contribution is 0.621. The number of hydrogen-bond donors (Lipinski definition) is 1. The number of anilines is 1. The Bertz CT molecular complexity index is 550. The molecule has 0 aliphatic carbocycles. The van der Waals surface area contributed by atoms with Gasteiger partial charge in [0.05, 0.1) is 0 Å². The standard InChI is InChI=1S/C16H16FN/c17-14-5-3-4-12(10-14)8-9-13-11-18-16-7-2-1-6-15(13)16/h1-7,10,13,18H,8-9,11H2. The minimum Gasteiger partial charge on any atom is -0.384 e. The molecule has 1 unspecified atom stereocenters. The molecule has 0 amide bonds. The number of halogens is 1. The third-order valence-electron chi connectivity index (χ3n) is 3.61. The van der Waals surface area contributed by atoms with Crippen LogP contribution in [0, 0.1) is 5.82 Å². The van der Waals surface area contributed by atoms with Gasteiger partial charge in [0.2, 0.25) is 0 Å². The molecule has 0 aromatic heterocycles. The summed E-state index contributed by atoms with van der Waals surface area (Å²) in [4.78, 5) is 0. The highest BCUT2D eigenvalue weighted by Gasteiger charge is 2.20. The third kappa shape index (κ3) is 2.23. The number of benzene rings is 2. The van der Waals surface area contributed by atoms with Crippen molar-refractivity contribution in [3.8, 4) is 0 Å². The highest BCUT2D eigenvalue weighted by molar-refractivity contribution is 5.57. The molecule has 0 saturated carbocycles. The molecule has 1 heterocycles. The molecular formula is C16H16FN. The van der Waals surface area contributed by atoms with Crippen LogP contribution in [0.15, 0.2) is 48.5 Å². The summed E-state index contributed by atoms with van der Waals surface area (Å²) in [5.41, 5.74) is 3.73. The summed E-state index contributed by atoms with van der Waals surface area (Å²) >= 11 is 0. The number of rotatable bonds is 3. The number of aryl methyl sites for hydroxylation is 1. The summed E-state index contributed by atoms with van der Waals surface area (Å²) in [7, 11) is 0. The predicted molar refractivity (Wildman–Crippen MR) is 72.4 cm³/mol. The largest absolute Gasteiger partial charge is 0.384 e. The molecule has 0 radical (unpaired) electrons. The maximum atomic E-state index is 13.1. The molecule has 1 aliphatic heterocycles. The van der Waals surface area contributed by atoms with E-state index in [4.69, 9.17) is 0 Å². The summed E-state index contributed by atoms with van der Waals surface area (Å²) in [6, 6.07) is 15.4. The molecule has 0 fully saturated rings. The van der Waals surface area contributed by atoms with E-state index in [9.17, 15) is 4.39 Å². The number of nitrogens with one attached hydrogen (secondary N) is 1. The van der Waals surface area contributed by atoms with Gasteiger partial charge in [-0.15, -0.1) is 0 Å². The Balaban J connectivity index is 1.69.